The summed E-state index contributed by atoms with van der Waals surface area (Å²) in [5, 5.41) is 0. The lowest BCUT2D eigenvalue weighted by Crippen LogP contribution is -2.25. The van der Waals surface area contributed by atoms with E-state index in [2.05, 4.69) is 9.64 Å². The van der Waals surface area contributed by atoms with Gasteiger partial charge in [0.1, 0.15) is 5.75 Å². The van der Waals surface area contributed by atoms with Gasteiger partial charge in [0.2, 0.25) is 0 Å². The fourth-order valence-electron chi connectivity index (χ4n) is 3.60. The largest absolute Gasteiger partial charge is 0.573 e. The van der Waals surface area contributed by atoms with Crippen LogP contribution >= 0.6 is 0 Å². The number of carbonyl (C=O) groups is 1. The molecule has 7 heteroatoms. The highest BCUT2D eigenvalue weighted by Crippen LogP contribution is 2.35. The maximum Gasteiger partial charge on any atom is 0.573 e. The van der Waals surface area contributed by atoms with Gasteiger partial charge in [-0.05, 0) is 30.2 Å². The Bertz CT molecular complexity index is 778. The number of hydrogen-bond acceptors (Lipinski definition) is 4. The Morgan fingerprint density at radius 2 is 1.75 bits per heavy atom. The van der Waals surface area contributed by atoms with Crippen molar-refractivity contribution in [3.8, 4) is 5.75 Å². The summed E-state index contributed by atoms with van der Waals surface area (Å²) in [6.07, 6.45) is -4.73. The van der Waals surface area contributed by atoms with E-state index in [0.29, 0.717) is 26.2 Å². The molecule has 1 heterocycles. The molecule has 1 aliphatic heterocycles. The lowest BCUT2D eigenvalue weighted by molar-refractivity contribution is -0.274. The first-order valence-electron chi connectivity index (χ1n) is 9.14. The molecule has 28 heavy (non-hydrogen) atoms. The number of benzene rings is 2. The van der Waals surface area contributed by atoms with Crippen LogP contribution in [0.1, 0.15) is 24.0 Å². The fourth-order valence-corrected chi connectivity index (χ4v) is 3.60. The number of esters is 1. The predicted molar refractivity (Wildman–Crippen MR) is 97.7 cm³/mol. The third-order valence-electron chi connectivity index (χ3n) is 4.78. The number of nitrogens with zero attached hydrogens (tertiary/aromatic N) is 1. The van der Waals surface area contributed by atoms with E-state index in [9.17, 15) is 18.0 Å². The van der Waals surface area contributed by atoms with Crippen LogP contribution in [-0.2, 0) is 16.1 Å². The lowest BCUT2D eigenvalue weighted by atomic mass is 9.89. The molecule has 1 saturated heterocycles. The minimum atomic E-state index is -4.73. The predicted octanol–water partition coefficient (Wildman–Crippen LogP) is 4.36. The highest BCUT2D eigenvalue weighted by molar-refractivity contribution is 5.74. The van der Waals surface area contributed by atoms with Crippen LogP contribution in [0.25, 0.3) is 0 Å². The van der Waals surface area contributed by atoms with Gasteiger partial charge in [0.15, 0.2) is 0 Å². The van der Waals surface area contributed by atoms with Gasteiger partial charge in [0.25, 0.3) is 0 Å². The van der Waals surface area contributed by atoms with Crippen molar-refractivity contribution in [2.75, 3.05) is 19.7 Å². The summed E-state index contributed by atoms with van der Waals surface area (Å²) in [5.74, 6) is -1.07. The van der Waals surface area contributed by atoms with Crippen LogP contribution in [0, 0.1) is 5.92 Å². The van der Waals surface area contributed by atoms with E-state index < -0.39 is 6.36 Å². The average molecular weight is 393 g/mol. The van der Waals surface area contributed by atoms with Gasteiger partial charge >= 0.3 is 12.3 Å². The Balaban J connectivity index is 1.76. The summed E-state index contributed by atoms with van der Waals surface area (Å²) < 4.78 is 46.2. The summed E-state index contributed by atoms with van der Waals surface area (Å²) in [5.41, 5.74) is 1.93. The minimum absolute atomic E-state index is 0.150. The molecule has 0 bridgehead atoms. The zero-order chi connectivity index (χ0) is 20.1. The first-order chi connectivity index (χ1) is 13.4. The van der Waals surface area contributed by atoms with E-state index in [1.807, 2.05) is 30.3 Å². The van der Waals surface area contributed by atoms with Gasteiger partial charge in [-0.25, -0.2) is 0 Å². The zero-order valence-corrected chi connectivity index (χ0v) is 15.5. The van der Waals surface area contributed by atoms with Crippen molar-refractivity contribution in [3.05, 3.63) is 65.7 Å². The Kier molecular flexibility index (Phi) is 6.24. The van der Waals surface area contributed by atoms with Crippen molar-refractivity contribution >= 4 is 5.97 Å². The number of likely N-dealkylation sites (tertiary alicyclic amines) is 1. The van der Waals surface area contributed by atoms with Crippen molar-refractivity contribution in [2.45, 2.75) is 25.7 Å². The van der Waals surface area contributed by atoms with Crippen LogP contribution in [0.4, 0.5) is 13.2 Å². The minimum Gasteiger partial charge on any atom is -0.466 e. The van der Waals surface area contributed by atoms with E-state index in [1.54, 1.807) is 19.1 Å². The molecule has 2 aromatic rings. The molecular formula is C21H22F3NO3. The maximum atomic E-state index is 12.5. The molecule has 0 saturated carbocycles. The van der Waals surface area contributed by atoms with Crippen LogP contribution in [0.15, 0.2) is 54.6 Å². The normalized spacial score (nSPS) is 20.1. The molecule has 150 valence electrons. The number of carbonyl (C=O) groups excluding carboxylic acids is 1. The van der Waals surface area contributed by atoms with Crippen LogP contribution in [0.2, 0.25) is 0 Å². The SMILES string of the molecule is CCOC(=O)C1CN(Cc2ccccc2)CC1c1ccc(OC(F)(F)F)cc1. The number of ether oxygens (including phenoxy) is 2. The first-order valence-corrected chi connectivity index (χ1v) is 9.14. The number of alkyl halides is 3. The third-order valence-corrected chi connectivity index (χ3v) is 4.78. The van der Waals surface area contributed by atoms with E-state index in [0.717, 1.165) is 11.1 Å². The van der Waals surface area contributed by atoms with Gasteiger partial charge in [0, 0.05) is 25.6 Å². The molecule has 2 unspecified atom stereocenters. The van der Waals surface area contributed by atoms with Gasteiger partial charge in [-0.2, -0.15) is 0 Å². The summed E-state index contributed by atoms with van der Waals surface area (Å²) in [7, 11) is 0. The topological polar surface area (TPSA) is 38.8 Å². The molecule has 1 aliphatic rings. The second kappa shape index (κ2) is 8.65. The van der Waals surface area contributed by atoms with Gasteiger partial charge < -0.3 is 9.47 Å². The van der Waals surface area contributed by atoms with Crippen molar-refractivity contribution in [1.82, 2.24) is 4.90 Å². The molecule has 0 N–H and O–H groups in total. The second-order valence-corrected chi connectivity index (χ2v) is 6.76. The zero-order valence-electron chi connectivity index (χ0n) is 15.5. The molecule has 0 spiro atoms. The van der Waals surface area contributed by atoms with Crippen molar-refractivity contribution in [2.24, 2.45) is 5.92 Å². The summed E-state index contributed by atoms with van der Waals surface area (Å²) >= 11 is 0. The highest BCUT2D eigenvalue weighted by Gasteiger charge is 2.39. The van der Waals surface area contributed by atoms with Crippen LogP contribution in [-0.4, -0.2) is 36.9 Å². The monoisotopic (exact) mass is 393 g/mol. The smallest absolute Gasteiger partial charge is 0.466 e. The lowest BCUT2D eigenvalue weighted by Gasteiger charge is -2.18. The summed E-state index contributed by atoms with van der Waals surface area (Å²) in [4.78, 5) is 14.6. The molecule has 0 amide bonds. The fraction of sp³-hybridized carbons (Fsp3) is 0.381. The molecule has 0 aromatic heterocycles. The average Bonchev–Trinajstić information content (AvgIpc) is 3.06. The quantitative estimate of drug-likeness (QED) is 0.684. The van der Waals surface area contributed by atoms with E-state index in [4.69, 9.17) is 4.74 Å². The van der Waals surface area contributed by atoms with E-state index in [1.165, 1.54) is 12.1 Å². The van der Waals surface area contributed by atoms with Gasteiger partial charge in [-0.3, -0.25) is 9.69 Å². The van der Waals surface area contributed by atoms with Crippen molar-refractivity contribution < 1.29 is 27.4 Å². The molecule has 4 nitrogen and oxygen atoms in total. The van der Waals surface area contributed by atoms with Crippen LogP contribution in [0.5, 0.6) is 5.75 Å². The number of rotatable bonds is 6. The van der Waals surface area contributed by atoms with Crippen molar-refractivity contribution in [3.63, 3.8) is 0 Å². The third kappa shape index (κ3) is 5.25. The van der Waals surface area contributed by atoms with Crippen molar-refractivity contribution in [1.29, 1.82) is 0 Å². The number of halogens is 3. The van der Waals surface area contributed by atoms with Gasteiger partial charge in [-0.15, -0.1) is 13.2 Å². The first kappa shape index (κ1) is 20.2. The second-order valence-electron chi connectivity index (χ2n) is 6.76. The molecule has 0 aliphatic carbocycles. The molecular weight excluding hydrogens is 371 g/mol. The Labute approximate surface area is 161 Å². The maximum absolute atomic E-state index is 12.5. The number of hydrogen-bond donors (Lipinski definition) is 0. The van der Waals surface area contributed by atoms with E-state index in [-0.39, 0.29) is 23.6 Å². The molecule has 2 aromatic carbocycles. The van der Waals surface area contributed by atoms with Gasteiger partial charge in [0.05, 0.1) is 12.5 Å². The summed E-state index contributed by atoms with van der Waals surface area (Å²) in [6.45, 7) is 3.91. The highest BCUT2D eigenvalue weighted by atomic mass is 19.4. The molecule has 0 radical (unpaired) electrons. The van der Waals surface area contributed by atoms with E-state index >= 15 is 0 Å². The van der Waals surface area contributed by atoms with Crippen LogP contribution < -0.4 is 4.74 Å². The molecule has 2 atom stereocenters. The Hall–Kier alpha value is -2.54. The molecule has 1 fully saturated rings. The standard InChI is InChI=1S/C21H22F3NO3/c1-2-27-20(26)19-14-25(12-15-6-4-3-5-7-15)13-18(19)16-8-10-17(11-9-16)28-21(22,23)24/h3-11,18-19H,2,12-14H2,1H3. The Morgan fingerprint density at radius 1 is 1.07 bits per heavy atom. The molecule has 3 rings (SSSR count). The summed E-state index contributed by atoms with van der Waals surface area (Å²) in [6, 6.07) is 15.7. The Morgan fingerprint density at radius 3 is 2.36 bits per heavy atom. The van der Waals surface area contributed by atoms with Crippen LogP contribution in [0.3, 0.4) is 0 Å². The van der Waals surface area contributed by atoms with Gasteiger partial charge in [-0.1, -0.05) is 42.5 Å².